The molecule has 1 saturated heterocycles. The monoisotopic (exact) mass is 441 g/mol. The maximum absolute atomic E-state index is 11.9. The van der Waals surface area contributed by atoms with Crippen molar-refractivity contribution in [3.63, 3.8) is 0 Å². The minimum Gasteiger partial charge on any atom is -0.372 e. The number of fused-ring (bicyclic) bond motifs is 1. The smallest absolute Gasteiger partial charge is 0.152 e. The van der Waals surface area contributed by atoms with Gasteiger partial charge in [0.1, 0.15) is 18.1 Å². The normalized spacial score (nSPS) is 17.2. The summed E-state index contributed by atoms with van der Waals surface area (Å²) < 4.78 is 1.05. The number of aromatic amines is 1. The summed E-state index contributed by atoms with van der Waals surface area (Å²) >= 11 is 3.52. The van der Waals surface area contributed by atoms with E-state index in [9.17, 15) is 4.79 Å². The lowest BCUT2D eigenvalue weighted by molar-refractivity contribution is -0.109. The molecule has 0 bridgehead atoms. The van der Waals surface area contributed by atoms with Gasteiger partial charge >= 0.3 is 0 Å². The number of halogens is 1. The summed E-state index contributed by atoms with van der Waals surface area (Å²) in [5.74, 6) is 1.93. The van der Waals surface area contributed by atoms with Crippen LogP contribution in [0.3, 0.4) is 0 Å². The quantitative estimate of drug-likeness (QED) is 0.612. The van der Waals surface area contributed by atoms with E-state index >= 15 is 0 Å². The molecule has 6 nitrogen and oxygen atoms in total. The third-order valence-corrected chi connectivity index (χ3v) is 5.90. The molecular formula is C21H24BrN5O. The predicted octanol–water partition coefficient (Wildman–Crippen LogP) is 3.68. The second kappa shape index (κ2) is 7.83. The van der Waals surface area contributed by atoms with Gasteiger partial charge in [0.05, 0.1) is 5.69 Å². The molecule has 0 aliphatic carbocycles. The summed E-state index contributed by atoms with van der Waals surface area (Å²) in [6.45, 7) is 5.20. The molecule has 4 rings (SSSR count). The van der Waals surface area contributed by atoms with E-state index in [0.717, 1.165) is 58.6 Å². The zero-order valence-electron chi connectivity index (χ0n) is 16.1. The number of benzene rings is 1. The lowest BCUT2D eigenvalue weighted by Crippen LogP contribution is -2.54. The molecule has 0 amide bonds. The number of hydrogen-bond acceptors (Lipinski definition) is 5. The zero-order chi connectivity index (χ0) is 19.7. The third-order valence-electron chi connectivity index (χ3n) is 5.40. The van der Waals surface area contributed by atoms with Gasteiger partial charge in [-0.3, -0.25) is 0 Å². The van der Waals surface area contributed by atoms with E-state index < -0.39 is 0 Å². The van der Waals surface area contributed by atoms with Crippen LogP contribution in [-0.4, -0.2) is 55.5 Å². The molecule has 7 heteroatoms. The average molecular weight is 442 g/mol. The highest BCUT2D eigenvalue weighted by atomic mass is 79.9. The first-order valence-corrected chi connectivity index (χ1v) is 10.3. The van der Waals surface area contributed by atoms with Gasteiger partial charge in [0.2, 0.25) is 0 Å². The van der Waals surface area contributed by atoms with Crippen molar-refractivity contribution in [2.75, 3.05) is 47.9 Å². The van der Waals surface area contributed by atoms with Gasteiger partial charge in [0.15, 0.2) is 5.82 Å². The number of nitrogens with one attached hydrogen (secondary N) is 1. The first-order chi connectivity index (χ1) is 13.6. The minimum absolute atomic E-state index is 0.230. The van der Waals surface area contributed by atoms with Gasteiger partial charge in [-0.15, -0.1) is 0 Å². The predicted molar refractivity (Wildman–Crippen MR) is 119 cm³/mol. The van der Waals surface area contributed by atoms with Crippen molar-refractivity contribution in [1.82, 2.24) is 9.97 Å². The van der Waals surface area contributed by atoms with E-state index in [2.05, 4.69) is 78.8 Å². The number of H-pyrrole nitrogens is 1. The highest BCUT2D eigenvalue weighted by molar-refractivity contribution is 9.10. The fourth-order valence-electron chi connectivity index (χ4n) is 3.76. The Labute approximate surface area is 173 Å². The number of carbonyl (C=O) groups excluding carboxylic acids is 1. The van der Waals surface area contributed by atoms with Crippen LogP contribution in [0.4, 0.5) is 17.3 Å². The van der Waals surface area contributed by atoms with Crippen molar-refractivity contribution < 1.29 is 4.79 Å². The molecule has 28 heavy (non-hydrogen) atoms. The fourth-order valence-corrected chi connectivity index (χ4v) is 4.14. The maximum Gasteiger partial charge on any atom is 0.152 e. The Morgan fingerprint density at radius 2 is 2.18 bits per heavy atom. The number of anilines is 3. The lowest BCUT2D eigenvalue weighted by Gasteiger charge is -2.41. The van der Waals surface area contributed by atoms with Crippen molar-refractivity contribution in [1.29, 1.82) is 0 Å². The first kappa shape index (κ1) is 18.8. The molecular weight excluding hydrogens is 418 g/mol. The number of aromatic nitrogens is 2. The van der Waals surface area contributed by atoms with Crippen molar-refractivity contribution in [2.24, 2.45) is 0 Å². The van der Waals surface area contributed by atoms with Crippen LogP contribution >= 0.6 is 15.9 Å². The van der Waals surface area contributed by atoms with Crippen LogP contribution in [0, 0.1) is 0 Å². The average Bonchev–Trinajstić information content (AvgIpc) is 3.15. The van der Waals surface area contributed by atoms with Crippen molar-refractivity contribution >= 4 is 50.4 Å². The molecule has 1 unspecified atom stereocenters. The van der Waals surface area contributed by atoms with Gasteiger partial charge in [0, 0.05) is 54.8 Å². The highest BCUT2D eigenvalue weighted by Crippen LogP contribution is 2.30. The Morgan fingerprint density at radius 1 is 1.32 bits per heavy atom. The molecule has 2 aromatic heterocycles. The van der Waals surface area contributed by atoms with Crippen LogP contribution in [0.1, 0.15) is 6.92 Å². The molecule has 0 radical (unpaired) electrons. The molecule has 3 aromatic rings. The number of pyridine rings is 1. The number of rotatable bonds is 5. The highest BCUT2D eigenvalue weighted by Gasteiger charge is 2.30. The fraction of sp³-hybridized carbons (Fsp3) is 0.333. The number of carbonyl (C=O) groups is 1. The van der Waals surface area contributed by atoms with E-state index in [4.69, 9.17) is 0 Å². The van der Waals surface area contributed by atoms with E-state index in [1.165, 1.54) is 0 Å². The summed E-state index contributed by atoms with van der Waals surface area (Å²) in [5.41, 5.74) is 2.17. The van der Waals surface area contributed by atoms with Gasteiger partial charge < -0.3 is 24.5 Å². The Morgan fingerprint density at radius 3 is 2.96 bits per heavy atom. The Hall–Kier alpha value is -2.54. The molecule has 1 aromatic carbocycles. The Bertz CT molecular complexity index is 988. The summed E-state index contributed by atoms with van der Waals surface area (Å²) in [6, 6.07) is 12.1. The van der Waals surface area contributed by atoms with E-state index in [1.54, 1.807) is 0 Å². The number of nitrogens with zero attached hydrogens (tertiary/aromatic N) is 4. The molecule has 1 aliphatic heterocycles. The minimum atomic E-state index is -0.230. The van der Waals surface area contributed by atoms with Gasteiger partial charge in [-0.25, -0.2) is 4.98 Å². The van der Waals surface area contributed by atoms with Gasteiger partial charge in [-0.1, -0.05) is 15.9 Å². The van der Waals surface area contributed by atoms with Crippen molar-refractivity contribution in [3.05, 3.63) is 47.1 Å². The Kier molecular flexibility index (Phi) is 5.26. The lowest BCUT2D eigenvalue weighted by atomic mass is 10.1. The SMILES string of the molecule is CCN(C)c1cccnc1N1CCN(c2cc3cc(Br)ccc3[nH]2)C(C=O)C1. The molecule has 0 saturated carbocycles. The second-order valence-corrected chi connectivity index (χ2v) is 8.00. The zero-order valence-corrected chi connectivity index (χ0v) is 17.7. The van der Waals surface area contributed by atoms with Crippen LogP contribution in [0.5, 0.6) is 0 Å². The Balaban J connectivity index is 1.60. The summed E-state index contributed by atoms with van der Waals surface area (Å²) in [6.07, 6.45) is 2.86. The molecule has 1 N–H and O–H groups in total. The molecule has 1 atom stereocenters. The molecule has 0 spiro atoms. The summed E-state index contributed by atoms with van der Waals surface area (Å²) in [7, 11) is 2.07. The van der Waals surface area contributed by atoms with Crippen LogP contribution in [0.15, 0.2) is 47.1 Å². The standard InChI is InChI=1S/C21H24BrN5O/c1-3-25(2)19-5-4-8-23-21(19)26-9-10-27(17(13-26)14-28)20-12-15-11-16(22)6-7-18(15)24-20/h4-8,11-12,14,17,24H,3,9-10,13H2,1-2H3. The summed E-state index contributed by atoms with van der Waals surface area (Å²) in [4.78, 5) is 26.6. The largest absolute Gasteiger partial charge is 0.372 e. The van der Waals surface area contributed by atoms with Crippen LogP contribution in [0.25, 0.3) is 10.9 Å². The van der Waals surface area contributed by atoms with Crippen molar-refractivity contribution in [2.45, 2.75) is 13.0 Å². The van der Waals surface area contributed by atoms with Crippen molar-refractivity contribution in [3.8, 4) is 0 Å². The van der Waals surface area contributed by atoms with Gasteiger partial charge in [-0.05, 0) is 43.3 Å². The first-order valence-electron chi connectivity index (χ1n) is 9.52. The topological polar surface area (TPSA) is 55.5 Å². The molecule has 1 aliphatic rings. The van der Waals surface area contributed by atoms with E-state index in [0.29, 0.717) is 6.54 Å². The number of piperazine rings is 1. The van der Waals surface area contributed by atoms with Crippen LogP contribution in [0.2, 0.25) is 0 Å². The van der Waals surface area contributed by atoms with Gasteiger partial charge in [0.25, 0.3) is 0 Å². The third kappa shape index (κ3) is 3.46. The number of aldehydes is 1. The van der Waals surface area contributed by atoms with Crippen LogP contribution < -0.4 is 14.7 Å². The maximum atomic E-state index is 11.9. The second-order valence-electron chi connectivity index (χ2n) is 7.09. The molecule has 1 fully saturated rings. The van der Waals surface area contributed by atoms with E-state index in [1.807, 2.05) is 18.3 Å². The summed E-state index contributed by atoms with van der Waals surface area (Å²) in [5, 5.41) is 1.13. The van der Waals surface area contributed by atoms with E-state index in [-0.39, 0.29) is 6.04 Å². The molecule has 3 heterocycles. The number of hydrogen-bond donors (Lipinski definition) is 1. The van der Waals surface area contributed by atoms with Gasteiger partial charge in [-0.2, -0.15) is 0 Å². The molecule has 146 valence electrons. The van der Waals surface area contributed by atoms with Crippen LogP contribution in [-0.2, 0) is 4.79 Å².